The van der Waals surface area contributed by atoms with Crippen LogP contribution in [0.4, 0.5) is 0 Å². The molecular formula is C14H19BrN2OS. The van der Waals surface area contributed by atoms with Crippen LogP contribution in [-0.4, -0.2) is 17.3 Å². The number of thiocarbonyl (C=S) groups is 1. The Hall–Kier alpha value is -0.810. The van der Waals surface area contributed by atoms with Crippen molar-refractivity contribution >= 4 is 33.3 Å². The van der Waals surface area contributed by atoms with E-state index in [0.29, 0.717) is 5.11 Å². The van der Waals surface area contributed by atoms with E-state index in [1.54, 1.807) is 0 Å². The number of fused-ring (bicyclic) bond motifs is 1. The zero-order valence-electron chi connectivity index (χ0n) is 11.4. The van der Waals surface area contributed by atoms with Gasteiger partial charge < -0.3 is 15.4 Å². The number of rotatable bonds is 2. The van der Waals surface area contributed by atoms with Crippen LogP contribution in [0.15, 0.2) is 22.7 Å². The standard InChI is InChI=1S/C14H19BrN2OS/c1-4-16-13(19)17-11-8-14(2,3)18-12-6-5-9(15)7-10(11)12/h5-7,11H,4,8H2,1-3H3,(H2,16,17,19). The van der Waals surface area contributed by atoms with Crippen LogP contribution in [0.3, 0.4) is 0 Å². The van der Waals surface area contributed by atoms with Gasteiger partial charge in [0, 0.05) is 23.0 Å². The Balaban J connectivity index is 2.28. The summed E-state index contributed by atoms with van der Waals surface area (Å²) in [6, 6.07) is 6.27. The van der Waals surface area contributed by atoms with E-state index in [2.05, 4.69) is 46.5 Å². The summed E-state index contributed by atoms with van der Waals surface area (Å²) in [5.41, 5.74) is 0.953. The minimum Gasteiger partial charge on any atom is -0.487 e. The Morgan fingerprint density at radius 3 is 2.95 bits per heavy atom. The first kappa shape index (κ1) is 14.6. The molecule has 0 bridgehead atoms. The molecule has 1 aromatic carbocycles. The highest BCUT2D eigenvalue weighted by atomic mass is 79.9. The van der Waals surface area contributed by atoms with E-state index in [-0.39, 0.29) is 11.6 Å². The lowest BCUT2D eigenvalue weighted by molar-refractivity contribution is 0.0695. The molecule has 0 aliphatic carbocycles. The van der Waals surface area contributed by atoms with Gasteiger partial charge in [-0.3, -0.25) is 0 Å². The van der Waals surface area contributed by atoms with Crippen LogP contribution in [0.1, 0.15) is 38.8 Å². The summed E-state index contributed by atoms with van der Waals surface area (Å²) in [6.07, 6.45) is 0.877. The predicted molar refractivity (Wildman–Crippen MR) is 85.6 cm³/mol. The van der Waals surface area contributed by atoms with Crippen LogP contribution in [0.25, 0.3) is 0 Å². The molecule has 0 aromatic heterocycles. The van der Waals surface area contributed by atoms with Crippen molar-refractivity contribution in [3.8, 4) is 5.75 Å². The van der Waals surface area contributed by atoms with Crippen LogP contribution in [0.5, 0.6) is 5.75 Å². The average molecular weight is 343 g/mol. The van der Waals surface area contributed by atoms with Crippen LogP contribution >= 0.6 is 28.1 Å². The Bertz CT molecular complexity index is 490. The van der Waals surface area contributed by atoms with Crippen molar-refractivity contribution in [3.63, 3.8) is 0 Å². The molecule has 0 saturated carbocycles. The van der Waals surface area contributed by atoms with Gasteiger partial charge in [0.05, 0.1) is 6.04 Å². The van der Waals surface area contributed by atoms with Crippen molar-refractivity contribution in [1.29, 1.82) is 0 Å². The smallest absolute Gasteiger partial charge is 0.166 e. The highest BCUT2D eigenvalue weighted by Gasteiger charge is 2.34. The number of nitrogens with one attached hydrogen (secondary N) is 2. The lowest BCUT2D eigenvalue weighted by atomic mass is 9.90. The molecule has 1 aliphatic rings. The van der Waals surface area contributed by atoms with E-state index in [1.165, 1.54) is 0 Å². The van der Waals surface area contributed by atoms with E-state index in [9.17, 15) is 0 Å². The molecule has 0 fully saturated rings. The topological polar surface area (TPSA) is 33.3 Å². The lowest BCUT2D eigenvalue weighted by Gasteiger charge is -2.38. The van der Waals surface area contributed by atoms with E-state index >= 15 is 0 Å². The van der Waals surface area contributed by atoms with Crippen molar-refractivity contribution in [2.75, 3.05) is 6.54 Å². The van der Waals surface area contributed by atoms with E-state index in [4.69, 9.17) is 17.0 Å². The van der Waals surface area contributed by atoms with Crippen LogP contribution in [-0.2, 0) is 0 Å². The monoisotopic (exact) mass is 342 g/mol. The van der Waals surface area contributed by atoms with Gasteiger partial charge >= 0.3 is 0 Å². The Labute approximate surface area is 128 Å². The van der Waals surface area contributed by atoms with Crippen LogP contribution in [0, 0.1) is 0 Å². The SMILES string of the molecule is CCNC(=S)NC1CC(C)(C)Oc2ccc(Br)cc21. The highest BCUT2D eigenvalue weighted by molar-refractivity contribution is 9.10. The summed E-state index contributed by atoms with van der Waals surface area (Å²) in [5, 5.41) is 7.20. The molecule has 1 atom stereocenters. The summed E-state index contributed by atoms with van der Waals surface area (Å²) in [5.74, 6) is 0.927. The third-order valence-electron chi connectivity index (χ3n) is 3.07. The second kappa shape index (κ2) is 5.67. The number of hydrogen-bond acceptors (Lipinski definition) is 2. The molecule has 3 nitrogen and oxygen atoms in total. The van der Waals surface area contributed by atoms with Gasteiger partial charge in [0.15, 0.2) is 5.11 Å². The average Bonchev–Trinajstić information content (AvgIpc) is 2.29. The molecule has 1 aliphatic heterocycles. The second-order valence-corrected chi connectivity index (χ2v) is 6.63. The maximum atomic E-state index is 6.02. The summed E-state index contributed by atoms with van der Waals surface area (Å²) >= 11 is 8.81. The first-order chi connectivity index (χ1) is 8.91. The second-order valence-electron chi connectivity index (χ2n) is 5.30. The number of halogens is 1. The van der Waals surface area contributed by atoms with Gasteiger partial charge in [-0.05, 0) is 51.2 Å². The molecule has 0 radical (unpaired) electrons. The number of hydrogen-bond donors (Lipinski definition) is 2. The minimum atomic E-state index is -0.194. The highest BCUT2D eigenvalue weighted by Crippen LogP contribution is 2.40. The Kier molecular flexibility index (Phi) is 4.36. The molecule has 0 saturated heterocycles. The predicted octanol–water partition coefficient (Wildman–Crippen LogP) is 3.54. The van der Waals surface area contributed by atoms with Gasteiger partial charge in [0.2, 0.25) is 0 Å². The van der Waals surface area contributed by atoms with E-state index in [0.717, 1.165) is 28.8 Å². The van der Waals surface area contributed by atoms with Crippen LogP contribution < -0.4 is 15.4 Å². The Morgan fingerprint density at radius 1 is 1.53 bits per heavy atom. The molecule has 2 rings (SSSR count). The fourth-order valence-corrected chi connectivity index (χ4v) is 2.99. The van der Waals surface area contributed by atoms with Gasteiger partial charge in [-0.15, -0.1) is 0 Å². The molecule has 1 heterocycles. The largest absolute Gasteiger partial charge is 0.487 e. The van der Waals surface area contributed by atoms with Crippen molar-refractivity contribution in [2.45, 2.75) is 38.8 Å². The van der Waals surface area contributed by atoms with Crippen molar-refractivity contribution in [2.24, 2.45) is 0 Å². The maximum absolute atomic E-state index is 6.02. The lowest BCUT2D eigenvalue weighted by Crippen LogP contribution is -2.44. The fraction of sp³-hybridized carbons (Fsp3) is 0.500. The molecule has 0 spiro atoms. The number of ether oxygens (including phenoxy) is 1. The third kappa shape index (κ3) is 3.60. The normalized spacial score (nSPS) is 20.1. The zero-order chi connectivity index (χ0) is 14.0. The van der Waals surface area contributed by atoms with Crippen molar-refractivity contribution in [1.82, 2.24) is 10.6 Å². The van der Waals surface area contributed by atoms with Crippen molar-refractivity contribution < 1.29 is 4.74 Å². The molecule has 1 unspecified atom stereocenters. The van der Waals surface area contributed by atoms with Crippen LogP contribution in [0.2, 0.25) is 0 Å². The summed E-state index contributed by atoms with van der Waals surface area (Å²) in [7, 11) is 0. The Morgan fingerprint density at radius 2 is 2.26 bits per heavy atom. The first-order valence-corrected chi connectivity index (χ1v) is 7.64. The molecular weight excluding hydrogens is 324 g/mol. The third-order valence-corrected chi connectivity index (χ3v) is 3.83. The molecule has 0 amide bonds. The molecule has 19 heavy (non-hydrogen) atoms. The summed E-state index contributed by atoms with van der Waals surface area (Å²) < 4.78 is 7.07. The molecule has 104 valence electrons. The van der Waals surface area contributed by atoms with Gasteiger partial charge in [-0.25, -0.2) is 0 Å². The zero-order valence-corrected chi connectivity index (χ0v) is 13.8. The summed E-state index contributed by atoms with van der Waals surface area (Å²) in [4.78, 5) is 0. The molecule has 5 heteroatoms. The molecule has 2 N–H and O–H groups in total. The van der Waals surface area contributed by atoms with Crippen molar-refractivity contribution in [3.05, 3.63) is 28.2 Å². The van der Waals surface area contributed by atoms with Gasteiger partial charge in [-0.1, -0.05) is 15.9 Å². The minimum absolute atomic E-state index is 0.169. The van der Waals surface area contributed by atoms with Gasteiger partial charge in [0.25, 0.3) is 0 Å². The summed E-state index contributed by atoms with van der Waals surface area (Å²) in [6.45, 7) is 7.06. The maximum Gasteiger partial charge on any atom is 0.166 e. The fourth-order valence-electron chi connectivity index (χ4n) is 2.32. The van der Waals surface area contributed by atoms with E-state index < -0.39 is 0 Å². The van der Waals surface area contributed by atoms with E-state index in [1.807, 2.05) is 19.1 Å². The number of benzene rings is 1. The quantitative estimate of drug-likeness (QED) is 0.805. The van der Waals surface area contributed by atoms with Gasteiger partial charge in [-0.2, -0.15) is 0 Å². The first-order valence-electron chi connectivity index (χ1n) is 6.44. The van der Waals surface area contributed by atoms with Gasteiger partial charge in [0.1, 0.15) is 11.4 Å². The molecule has 1 aromatic rings.